The lowest BCUT2D eigenvalue weighted by Gasteiger charge is -2.07. The number of ether oxygens (including phenoxy) is 1. The Morgan fingerprint density at radius 3 is 2.40 bits per heavy atom. The maximum atomic E-state index is 5.13. The van der Waals surface area contributed by atoms with E-state index < -0.39 is 0 Å². The van der Waals surface area contributed by atoms with Crippen molar-refractivity contribution in [1.29, 1.82) is 0 Å². The standard InChI is InChI=1S/C12H16OS2/c1-13-10-6-8-12(9-7-10)15-14-11-4-2-3-5-11/h6-9,11H,2-5H2,1H3. The van der Waals surface area contributed by atoms with Crippen LogP contribution in [-0.2, 0) is 0 Å². The molecular weight excluding hydrogens is 224 g/mol. The van der Waals surface area contributed by atoms with Crippen LogP contribution in [0.2, 0.25) is 0 Å². The van der Waals surface area contributed by atoms with Gasteiger partial charge in [0.15, 0.2) is 0 Å². The lowest BCUT2D eigenvalue weighted by atomic mass is 10.3. The van der Waals surface area contributed by atoms with Crippen LogP contribution in [0.25, 0.3) is 0 Å². The van der Waals surface area contributed by atoms with Crippen molar-refractivity contribution in [1.82, 2.24) is 0 Å². The van der Waals surface area contributed by atoms with Gasteiger partial charge in [-0.05, 0) is 37.1 Å². The predicted octanol–water partition coefficient (Wildman–Crippen LogP) is 4.38. The fourth-order valence-corrected chi connectivity index (χ4v) is 4.41. The van der Waals surface area contributed by atoms with Gasteiger partial charge in [0.2, 0.25) is 0 Å². The summed E-state index contributed by atoms with van der Waals surface area (Å²) in [6.07, 6.45) is 5.63. The average Bonchev–Trinajstić information content (AvgIpc) is 2.80. The van der Waals surface area contributed by atoms with E-state index in [-0.39, 0.29) is 0 Å². The fourth-order valence-electron chi connectivity index (χ4n) is 1.74. The first kappa shape index (κ1) is 11.2. The van der Waals surface area contributed by atoms with Crippen molar-refractivity contribution in [2.45, 2.75) is 35.8 Å². The highest BCUT2D eigenvalue weighted by atomic mass is 33.1. The minimum Gasteiger partial charge on any atom is -0.497 e. The number of methoxy groups -OCH3 is 1. The molecule has 1 aliphatic rings. The summed E-state index contributed by atoms with van der Waals surface area (Å²) < 4.78 is 5.13. The number of rotatable bonds is 4. The summed E-state index contributed by atoms with van der Waals surface area (Å²) in [5.41, 5.74) is 0. The Hall–Kier alpha value is -0.280. The van der Waals surface area contributed by atoms with Gasteiger partial charge in [0, 0.05) is 10.1 Å². The highest BCUT2D eigenvalue weighted by Crippen LogP contribution is 2.41. The van der Waals surface area contributed by atoms with Crippen molar-refractivity contribution in [3.05, 3.63) is 24.3 Å². The highest BCUT2D eigenvalue weighted by Gasteiger charge is 2.15. The van der Waals surface area contributed by atoms with Crippen molar-refractivity contribution >= 4 is 21.6 Å². The van der Waals surface area contributed by atoms with Gasteiger partial charge in [0.1, 0.15) is 5.75 Å². The Morgan fingerprint density at radius 1 is 1.13 bits per heavy atom. The van der Waals surface area contributed by atoms with Gasteiger partial charge < -0.3 is 4.74 Å². The molecule has 1 saturated carbocycles. The van der Waals surface area contributed by atoms with Gasteiger partial charge in [0.25, 0.3) is 0 Å². The largest absolute Gasteiger partial charge is 0.497 e. The molecule has 2 rings (SSSR count). The molecule has 0 aliphatic heterocycles. The molecule has 15 heavy (non-hydrogen) atoms. The smallest absolute Gasteiger partial charge is 0.118 e. The third-order valence-electron chi connectivity index (χ3n) is 2.64. The molecule has 1 fully saturated rings. The first-order valence-corrected chi connectivity index (χ1v) is 7.57. The van der Waals surface area contributed by atoms with Gasteiger partial charge in [-0.3, -0.25) is 0 Å². The molecule has 1 aromatic carbocycles. The second kappa shape index (κ2) is 5.71. The third-order valence-corrected chi connectivity index (χ3v) is 5.63. The molecule has 0 saturated heterocycles. The zero-order chi connectivity index (χ0) is 10.5. The molecule has 0 amide bonds. The zero-order valence-corrected chi connectivity index (χ0v) is 10.6. The van der Waals surface area contributed by atoms with Crippen LogP contribution < -0.4 is 4.74 Å². The van der Waals surface area contributed by atoms with E-state index in [4.69, 9.17) is 4.74 Å². The Morgan fingerprint density at radius 2 is 1.80 bits per heavy atom. The molecule has 0 spiro atoms. The van der Waals surface area contributed by atoms with E-state index in [1.807, 2.05) is 33.7 Å². The van der Waals surface area contributed by atoms with E-state index in [2.05, 4.69) is 12.1 Å². The monoisotopic (exact) mass is 240 g/mol. The van der Waals surface area contributed by atoms with Crippen LogP contribution >= 0.6 is 21.6 Å². The summed E-state index contributed by atoms with van der Waals surface area (Å²) in [6.45, 7) is 0. The van der Waals surface area contributed by atoms with Crippen LogP contribution in [0.3, 0.4) is 0 Å². The summed E-state index contributed by atoms with van der Waals surface area (Å²) in [5.74, 6) is 0.935. The number of hydrogen-bond acceptors (Lipinski definition) is 3. The second-order valence-corrected chi connectivity index (χ2v) is 6.34. The summed E-state index contributed by atoms with van der Waals surface area (Å²) in [5, 5.41) is 0.872. The van der Waals surface area contributed by atoms with Gasteiger partial charge in [-0.1, -0.05) is 34.4 Å². The van der Waals surface area contributed by atoms with Gasteiger partial charge in [0.05, 0.1) is 7.11 Å². The fraction of sp³-hybridized carbons (Fsp3) is 0.500. The van der Waals surface area contributed by atoms with Gasteiger partial charge in [-0.25, -0.2) is 0 Å². The van der Waals surface area contributed by atoms with E-state index in [9.17, 15) is 0 Å². The molecule has 0 atom stereocenters. The topological polar surface area (TPSA) is 9.23 Å². The summed E-state index contributed by atoms with van der Waals surface area (Å²) in [4.78, 5) is 1.33. The predicted molar refractivity (Wildman–Crippen MR) is 68.7 cm³/mol. The van der Waals surface area contributed by atoms with Crippen LogP contribution in [0, 0.1) is 0 Å². The van der Waals surface area contributed by atoms with Crippen LogP contribution in [0.5, 0.6) is 5.75 Å². The molecule has 3 heteroatoms. The SMILES string of the molecule is COc1ccc(SSC2CCCC2)cc1. The normalized spacial score (nSPS) is 16.9. The molecule has 0 aromatic heterocycles. The van der Waals surface area contributed by atoms with Crippen molar-refractivity contribution in [3.63, 3.8) is 0 Å². The van der Waals surface area contributed by atoms with Crippen LogP contribution in [-0.4, -0.2) is 12.4 Å². The maximum absolute atomic E-state index is 5.13. The summed E-state index contributed by atoms with van der Waals surface area (Å²) in [6, 6.07) is 8.31. The second-order valence-electron chi connectivity index (χ2n) is 3.76. The van der Waals surface area contributed by atoms with Crippen molar-refractivity contribution < 1.29 is 4.74 Å². The summed E-state index contributed by atoms with van der Waals surface area (Å²) in [7, 11) is 5.63. The van der Waals surface area contributed by atoms with Crippen molar-refractivity contribution in [3.8, 4) is 5.75 Å². The quantitative estimate of drug-likeness (QED) is 0.723. The lowest BCUT2D eigenvalue weighted by molar-refractivity contribution is 0.414. The Labute approximate surface area is 99.4 Å². The van der Waals surface area contributed by atoms with E-state index in [0.717, 1.165) is 11.0 Å². The third kappa shape index (κ3) is 3.35. The minimum atomic E-state index is 0.872. The minimum absolute atomic E-state index is 0.872. The maximum Gasteiger partial charge on any atom is 0.118 e. The number of hydrogen-bond donors (Lipinski definition) is 0. The molecule has 82 valence electrons. The molecular formula is C12H16OS2. The van der Waals surface area contributed by atoms with E-state index in [1.165, 1.54) is 30.6 Å². The first-order chi connectivity index (χ1) is 7.38. The average molecular weight is 240 g/mol. The number of benzene rings is 1. The van der Waals surface area contributed by atoms with Crippen LogP contribution in [0.1, 0.15) is 25.7 Å². The van der Waals surface area contributed by atoms with Gasteiger partial charge in [-0.2, -0.15) is 0 Å². The molecule has 1 aromatic rings. The molecule has 1 nitrogen and oxygen atoms in total. The Bertz CT molecular complexity index is 291. The highest BCUT2D eigenvalue weighted by molar-refractivity contribution is 8.76. The van der Waals surface area contributed by atoms with E-state index in [1.54, 1.807) is 7.11 Å². The molecule has 0 N–H and O–H groups in total. The first-order valence-electron chi connectivity index (χ1n) is 5.36. The molecule has 0 radical (unpaired) electrons. The van der Waals surface area contributed by atoms with Crippen molar-refractivity contribution in [2.75, 3.05) is 7.11 Å². The molecule has 0 bridgehead atoms. The lowest BCUT2D eigenvalue weighted by Crippen LogP contribution is -1.89. The zero-order valence-electron chi connectivity index (χ0n) is 8.94. The molecule has 0 unspecified atom stereocenters. The molecule has 1 aliphatic carbocycles. The van der Waals surface area contributed by atoms with E-state index >= 15 is 0 Å². The van der Waals surface area contributed by atoms with Gasteiger partial charge >= 0.3 is 0 Å². The van der Waals surface area contributed by atoms with Crippen LogP contribution in [0.15, 0.2) is 29.2 Å². The van der Waals surface area contributed by atoms with Crippen molar-refractivity contribution in [2.24, 2.45) is 0 Å². The Balaban J connectivity index is 1.82. The summed E-state index contributed by atoms with van der Waals surface area (Å²) >= 11 is 0. The van der Waals surface area contributed by atoms with Gasteiger partial charge in [-0.15, -0.1) is 0 Å². The Kier molecular flexibility index (Phi) is 4.27. The van der Waals surface area contributed by atoms with E-state index in [0.29, 0.717) is 0 Å². The molecule has 0 heterocycles. The van der Waals surface area contributed by atoms with Crippen LogP contribution in [0.4, 0.5) is 0 Å².